The molecule has 1 aromatic rings. The third-order valence-electron chi connectivity index (χ3n) is 1.78. The minimum Gasteiger partial charge on any atom is -0.472 e. The number of rotatable bonds is 0. The first-order valence-corrected chi connectivity index (χ1v) is 6.98. The van der Waals surface area contributed by atoms with Crippen LogP contribution in [0.5, 0.6) is 0 Å². The summed E-state index contributed by atoms with van der Waals surface area (Å²) in [5.74, 6) is 0. The summed E-state index contributed by atoms with van der Waals surface area (Å²) in [6.07, 6.45) is 1.60. The molecule has 1 N–H and O–H groups in total. The molecule has 0 bridgehead atoms. The van der Waals surface area contributed by atoms with E-state index in [2.05, 4.69) is 19.2 Å². The number of hydrogen-bond donors (Lipinski definition) is 1. The molecule has 5 heteroatoms. The van der Waals surface area contributed by atoms with Gasteiger partial charge in [0.05, 0.1) is 0 Å². The van der Waals surface area contributed by atoms with E-state index in [0.717, 1.165) is 10.5 Å². The molecule has 68 valence electrons. The van der Waals surface area contributed by atoms with E-state index >= 15 is 0 Å². The standard InChI is InChI=1S/C8H6BrNO2S/c9-13(8(11)12)7-4-2-1-3-6(7)5-10-13/h1-5H,(H,11,12). The molecule has 0 aromatic heterocycles. The fraction of sp³-hybridized carbons (Fsp3) is 0. The maximum atomic E-state index is 11.0. The van der Waals surface area contributed by atoms with Crippen LogP contribution < -0.4 is 0 Å². The van der Waals surface area contributed by atoms with Gasteiger partial charge < -0.3 is 5.11 Å². The number of benzene rings is 1. The molecule has 0 spiro atoms. The van der Waals surface area contributed by atoms with Gasteiger partial charge >= 0.3 is 5.30 Å². The zero-order chi connectivity index (χ0) is 9.47. The van der Waals surface area contributed by atoms with Crippen molar-refractivity contribution in [1.29, 1.82) is 0 Å². The molecule has 13 heavy (non-hydrogen) atoms. The Balaban J connectivity index is 2.61. The lowest BCUT2D eigenvalue weighted by atomic mass is 10.2. The van der Waals surface area contributed by atoms with Gasteiger partial charge in [-0.25, -0.2) is 9.19 Å². The van der Waals surface area contributed by atoms with Crippen LogP contribution in [-0.2, 0) is 0 Å². The molecule has 1 heterocycles. The minimum absolute atomic E-state index is 0.766. The van der Waals surface area contributed by atoms with Crippen molar-refractivity contribution in [3.8, 4) is 0 Å². The van der Waals surface area contributed by atoms with Gasteiger partial charge in [0.15, 0.2) is 0 Å². The Labute approximate surface area is 84.1 Å². The number of nitrogens with zero attached hydrogens (tertiary/aromatic N) is 1. The highest BCUT2D eigenvalue weighted by Gasteiger charge is 2.36. The van der Waals surface area contributed by atoms with Crippen LogP contribution in [-0.4, -0.2) is 16.6 Å². The summed E-state index contributed by atoms with van der Waals surface area (Å²) in [7, 11) is -2.18. The van der Waals surface area contributed by atoms with Crippen LogP contribution in [0.15, 0.2) is 33.6 Å². The van der Waals surface area contributed by atoms with Crippen molar-refractivity contribution in [1.82, 2.24) is 0 Å². The smallest absolute Gasteiger partial charge is 0.380 e. The molecule has 3 nitrogen and oxygen atoms in total. The van der Waals surface area contributed by atoms with Gasteiger partial charge in [0.25, 0.3) is 0 Å². The van der Waals surface area contributed by atoms with Crippen molar-refractivity contribution in [3.63, 3.8) is 0 Å². The molecule has 0 amide bonds. The molecule has 1 unspecified atom stereocenters. The summed E-state index contributed by atoms with van der Waals surface area (Å²) in [6, 6.07) is 7.34. The summed E-state index contributed by atoms with van der Waals surface area (Å²) in [6.45, 7) is 0. The van der Waals surface area contributed by atoms with Crippen molar-refractivity contribution in [2.75, 3.05) is 0 Å². The minimum atomic E-state index is -2.18. The third kappa shape index (κ3) is 1.19. The van der Waals surface area contributed by atoms with Crippen LogP contribution in [0.4, 0.5) is 4.79 Å². The summed E-state index contributed by atoms with van der Waals surface area (Å²) in [4.78, 5) is 11.7. The first kappa shape index (κ1) is 8.77. The molecule has 0 saturated heterocycles. The first-order valence-electron chi connectivity index (χ1n) is 3.55. The summed E-state index contributed by atoms with van der Waals surface area (Å²) >= 11 is 3.19. The van der Waals surface area contributed by atoms with Crippen molar-refractivity contribution in [2.45, 2.75) is 4.90 Å². The van der Waals surface area contributed by atoms with Crippen LogP contribution in [0.2, 0.25) is 0 Å². The van der Waals surface area contributed by atoms with Gasteiger partial charge in [0, 0.05) is 40.1 Å². The summed E-state index contributed by atoms with van der Waals surface area (Å²) in [5.41, 5.74) is 0.886. The van der Waals surface area contributed by atoms with Gasteiger partial charge in [-0.2, -0.15) is 0 Å². The Morgan fingerprint density at radius 1 is 1.46 bits per heavy atom. The van der Waals surface area contributed by atoms with E-state index in [1.54, 1.807) is 12.3 Å². The zero-order valence-corrected chi connectivity index (χ0v) is 8.88. The highest BCUT2D eigenvalue weighted by Crippen LogP contribution is 2.67. The predicted molar refractivity (Wildman–Crippen MR) is 56.8 cm³/mol. The van der Waals surface area contributed by atoms with Gasteiger partial charge in [-0.3, -0.25) is 0 Å². The topological polar surface area (TPSA) is 49.7 Å². The SMILES string of the molecule is O=C(O)S1(Br)N=Cc2ccccc21. The van der Waals surface area contributed by atoms with Crippen LogP contribution in [0.3, 0.4) is 0 Å². The van der Waals surface area contributed by atoms with E-state index in [0.29, 0.717) is 0 Å². The Kier molecular flexibility index (Phi) is 1.92. The maximum absolute atomic E-state index is 11.0. The fourth-order valence-corrected chi connectivity index (χ4v) is 3.64. The van der Waals surface area contributed by atoms with Gasteiger partial charge in [-0.15, -0.1) is 0 Å². The molecule has 0 aliphatic carbocycles. The van der Waals surface area contributed by atoms with E-state index in [-0.39, 0.29) is 0 Å². The molecular weight excluding hydrogens is 254 g/mol. The van der Waals surface area contributed by atoms with E-state index < -0.39 is 13.9 Å². The average molecular weight is 260 g/mol. The average Bonchev–Trinajstić information content (AvgIpc) is 2.47. The first-order chi connectivity index (χ1) is 6.14. The molecule has 0 radical (unpaired) electrons. The molecule has 0 saturated carbocycles. The van der Waals surface area contributed by atoms with Crippen LogP contribution in [0.25, 0.3) is 0 Å². The number of halogens is 1. The van der Waals surface area contributed by atoms with Crippen LogP contribution >= 0.6 is 23.5 Å². The number of carbonyl (C=O) groups is 1. The van der Waals surface area contributed by atoms with E-state index in [1.165, 1.54) is 0 Å². The molecule has 2 rings (SSSR count). The van der Waals surface area contributed by atoms with Gasteiger partial charge in [-0.1, -0.05) is 18.2 Å². The van der Waals surface area contributed by atoms with Crippen molar-refractivity contribution in [3.05, 3.63) is 29.8 Å². The highest BCUT2D eigenvalue weighted by atomic mass is 79.9. The lowest BCUT2D eigenvalue weighted by Gasteiger charge is -2.19. The second-order valence-corrected chi connectivity index (χ2v) is 7.37. The highest BCUT2D eigenvalue weighted by molar-refractivity contribution is 9.60. The third-order valence-corrected chi connectivity index (χ3v) is 5.97. The Hall–Kier alpha value is -0.810. The van der Waals surface area contributed by atoms with Crippen molar-refractivity contribution in [2.24, 2.45) is 4.40 Å². The molecule has 0 fully saturated rings. The molecule has 1 aliphatic heterocycles. The largest absolute Gasteiger partial charge is 0.472 e. The van der Waals surface area contributed by atoms with Crippen molar-refractivity contribution >= 4 is 35.0 Å². The Morgan fingerprint density at radius 2 is 2.15 bits per heavy atom. The monoisotopic (exact) mass is 259 g/mol. The lowest BCUT2D eigenvalue weighted by Crippen LogP contribution is -1.98. The van der Waals surface area contributed by atoms with E-state index in [4.69, 9.17) is 5.11 Å². The fourth-order valence-electron chi connectivity index (χ4n) is 1.16. The number of fused-ring (bicyclic) bond motifs is 1. The molecular formula is C8H6BrNO2S. The van der Waals surface area contributed by atoms with Crippen molar-refractivity contribution < 1.29 is 9.90 Å². The quantitative estimate of drug-likeness (QED) is 0.778. The second-order valence-electron chi connectivity index (χ2n) is 2.55. The summed E-state index contributed by atoms with van der Waals surface area (Å²) in [5, 5.41) is 8.09. The van der Waals surface area contributed by atoms with Crippen LogP contribution in [0.1, 0.15) is 5.56 Å². The zero-order valence-electron chi connectivity index (χ0n) is 6.48. The number of hydrogen-bond acceptors (Lipinski definition) is 2. The maximum Gasteiger partial charge on any atom is 0.380 e. The Morgan fingerprint density at radius 3 is 2.85 bits per heavy atom. The van der Waals surface area contributed by atoms with Gasteiger partial charge in [0.2, 0.25) is 0 Å². The van der Waals surface area contributed by atoms with Gasteiger partial charge in [-0.05, 0) is 6.07 Å². The molecule has 1 aliphatic rings. The lowest BCUT2D eigenvalue weighted by molar-refractivity contribution is 0.221. The Bertz CT molecular complexity index is 407. The van der Waals surface area contributed by atoms with Crippen LogP contribution in [0, 0.1) is 0 Å². The normalized spacial score (nSPS) is 29.3. The predicted octanol–water partition coefficient (Wildman–Crippen LogP) is 3.19. The molecule has 1 atom stereocenters. The number of carboxylic acid groups (broad SMARTS) is 1. The second kappa shape index (κ2) is 2.85. The molecule has 1 aromatic carbocycles. The van der Waals surface area contributed by atoms with Gasteiger partial charge in [0.1, 0.15) is 0 Å². The summed E-state index contributed by atoms with van der Waals surface area (Å²) < 4.78 is 4.01. The van der Waals surface area contributed by atoms with E-state index in [9.17, 15) is 4.79 Å². The van der Waals surface area contributed by atoms with E-state index in [1.807, 2.05) is 18.2 Å².